The monoisotopic (exact) mass is 347 g/mol. The lowest BCUT2D eigenvalue weighted by Gasteiger charge is -2.08. The molecule has 24 heavy (non-hydrogen) atoms. The minimum Gasteiger partial charge on any atom is -0.618 e. The molecular weight excluding hydrogens is 334 g/mol. The molecule has 0 saturated heterocycles. The van der Waals surface area contributed by atoms with E-state index in [2.05, 4.69) is 10.1 Å². The summed E-state index contributed by atoms with van der Waals surface area (Å²) in [4.78, 5) is 16.3. The van der Waals surface area contributed by atoms with Crippen molar-refractivity contribution in [1.82, 2.24) is 14.8 Å². The summed E-state index contributed by atoms with van der Waals surface area (Å²) >= 11 is 5.88. The van der Waals surface area contributed by atoms with Crippen molar-refractivity contribution in [3.05, 3.63) is 46.4 Å². The highest BCUT2D eigenvalue weighted by molar-refractivity contribution is 6.31. The van der Waals surface area contributed by atoms with E-state index in [1.807, 2.05) is 0 Å². The first-order valence-electron chi connectivity index (χ1n) is 7.11. The average molecular weight is 348 g/mol. The van der Waals surface area contributed by atoms with E-state index in [4.69, 9.17) is 22.1 Å². The van der Waals surface area contributed by atoms with Gasteiger partial charge in [0.25, 0.3) is 0 Å². The van der Waals surface area contributed by atoms with Gasteiger partial charge in [0.2, 0.25) is 17.5 Å². The number of nitrogen functional groups attached to an aromatic ring is 1. The zero-order valence-electron chi connectivity index (χ0n) is 12.9. The molecule has 3 rings (SSSR count). The minimum atomic E-state index is -0.587. The molecule has 0 spiro atoms. The Hall–Kier alpha value is -2.87. The number of fused-ring (bicyclic) bond motifs is 1. The summed E-state index contributed by atoms with van der Waals surface area (Å²) in [5.74, 6) is -0.362. The second-order valence-electron chi connectivity index (χ2n) is 5.37. The number of carbonyl (C=O) groups excluding carboxylic acids is 1. The predicted molar refractivity (Wildman–Crippen MR) is 87.8 cm³/mol. The summed E-state index contributed by atoms with van der Waals surface area (Å²) < 4.78 is 6.93. The van der Waals surface area contributed by atoms with Gasteiger partial charge in [-0.05, 0) is 26.0 Å². The van der Waals surface area contributed by atoms with Gasteiger partial charge >= 0.3 is 5.97 Å². The SMILES string of the molecule is CC(C)OC(=O)c1cnn(-c2c[n+]([O-])c3cc(Cl)ccc3n2)c1N. The van der Waals surface area contributed by atoms with E-state index in [0.717, 1.165) is 0 Å². The highest BCUT2D eigenvalue weighted by atomic mass is 35.5. The van der Waals surface area contributed by atoms with Crippen LogP contribution in [0.25, 0.3) is 16.9 Å². The Balaban J connectivity index is 2.07. The lowest BCUT2D eigenvalue weighted by Crippen LogP contribution is -2.28. The van der Waals surface area contributed by atoms with Crippen molar-refractivity contribution in [3.63, 3.8) is 0 Å². The number of benzene rings is 1. The van der Waals surface area contributed by atoms with Crippen molar-refractivity contribution in [2.24, 2.45) is 0 Å². The topological polar surface area (TPSA) is 110 Å². The molecule has 8 nitrogen and oxygen atoms in total. The van der Waals surface area contributed by atoms with Gasteiger partial charge in [-0.2, -0.15) is 14.5 Å². The number of aromatic nitrogens is 4. The first-order valence-corrected chi connectivity index (χ1v) is 7.49. The van der Waals surface area contributed by atoms with Gasteiger partial charge in [0.1, 0.15) is 16.9 Å². The quantitative estimate of drug-likeness (QED) is 0.440. The number of hydrogen-bond acceptors (Lipinski definition) is 6. The first kappa shape index (κ1) is 16.0. The molecule has 3 aromatic rings. The van der Waals surface area contributed by atoms with Crippen LogP contribution in [-0.4, -0.2) is 26.8 Å². The molecule has 0 aliphatic heterocycles. The molecule has 0 aliphatic rings. The van der Waals surface area contributed by atoms with Gasteiger partial charge in [-0.1, -0.05) is 11.6 Å². The van der Waals surface area contributed by atoms with E-state index >= 15 is 0 Å². The van der Waals surface area contributed by atoms with E-state index in [1.165, 1.54) is 23.1 Å². The number of rotatable bonds is 3. The van der Waals surface area contributed by atoms with Crippen molar-refractivity contribution in [1.29, 1.82) is 0 Å². The van der Waals surface area contributed by atoms with Crippen LogP contribution in [0.15, 0.2) is 30.6 Å². The Morgan fingerprint density at radius 3 is 2.92 bits per heavy atom. The van der Waals surface area contributed by atoms with Crippen LogP contribution in [0, 0.1) is 5.21 Å². The van der Waals surface area contributed by atoms with Crippen LogP contribution in [0.1, 0.15) is 24.2 Å². The zero-order chi connectivity index (χ0) is 17.4. The summed E-state index contributed by atoms with van der Waals surface area (Å²) in [6.45, 7) is 3.46. The molecule has 0 saturated carbocycles. The van der Waals surface area contributed by atoms with Crippen molar-refractivity contribution in [2.75, 3.05) is 5.73 Å². The second kappa shape index (κ2) is 5.97. The van der Waals surface area contributed by atoms with Crippen LogP contribution < -0.4 is 10.5 Å². The van der Waals surface area contributed by atoms with Crippen LogP contribution >= 0.6 is 11.6 Å². The smallest absolute Gasteiger partial charge is 0.343 e. The van der Waals surface area contributed by atoms with Gasteiger partial charge in [-0.25, -0.2) is 9.78 Å². The third-order valence-electron chi connectivity index (χ3n) is 3.23. The standard InChI is InChI=1S/C15H14ClN5O3/c1-8(2)24-15(22)10-6-18-21(14(10)17)13-7-20(23)12-5-9(16)3-4-11(12)19-13/h3-8H,17H2,1-2H3. The number of nitrogens with zero attached hydrogens (tertiary/aromatic N) is 4. The largest absolute Gasteiger partial charge is 0.618 e. The lowest BCUT2D eigenvalue weighted by atomic mass is 10.3. The van der Waals surface area contributed by atoms with Crippen LogP contribution in [-0.2, 0) is 4.74 Å². The average Bonchev–Trinajstić information content (AvgIpc) is 2.89. The molecule has 124 valence electrons. The highest BCUT2D eigenvalue weighted by Gasteiger charge is 2.21. The molecule has 0 radical (unpaired) electrons. The fourth-order valence-electron chi connectivity index (χ4n) is 2.17. The van der Waals surface area contributed by atoms with E-state index < -0.39 is 5.97 Å². The molecule has 0 unspecified atom stereocenters. The third-order valence-corrected chi connectivity index (χ3v) is 3.46. The van der Waals surface area contributed by atoms with Gasteiger partial charge in [-0.3, -0.25) is 0 Å². The number of esters is 1. The molecular formula is C15H14ClN5O3. The van der Waals surface area contributed by atoms with Gasteiger partial charge in [0, 0.05) is 11.1 Å². The van der Waals surface area contributed by atoms with Crippen molar-refractivity contribution >= 4 is 34.4 Å². The number of hydrogen-bond donors (Lipinski definition) is 1. The van der Waals surface area contributed by atoms with E-state index in [-0.39, 0.29) is 23.3 Å². The summed E-state index contributed by atoms with van der Waals surface area (Å²) in [6, 6.07) is 4.75. The highest BCUT2D eigenvalue weighted by Crippen LogP contribution is 2.19. The fourth-order valence-corrected chi connectivity index (χ4v) is 2.34. The number of halogens is 1. The lowest BCUT2D eigenvalue weighted by molar-refractivity contribution is -0.577. The Morgan fingerprint density at radius 1 is 1.46 bits per heavy atom. The normalized spacial score (nSPS) is 11.2. The van der Waals surface area contributed by atoms with Gasteiger partial charge in [0.15, 0.2) is 0 Å². The van der Waals surface area contributed by atoms with E-state index in [1.54, 1.807) is 26.0 Å². The van der Waals surface area contributed by atoms with Crippen LogP contribution in [0.5, 0.6) is 0 Å². The fraction of sp³-hybridized carbons (Fsp3) is 0.200. The maximum atomic E-state index is 12.2. The van der Waals surface area contributed by atoms with Gasteiger partial charge in [0.05, 0.1) is 12.3 Å². The molecule has 2 heterocycles. The number of ether oxygens (including phenoxy) is 1. The predicted octanol–water partition coefficient (Wildman–Crippen LogP) is 1.85. The number of carbonyl (C=O) groups is 1. The van der Waals surface area contributed by atoms with Crippen molar-refractivity contribution in [3.8, 4) is 5.82 Å². The summed E-state index contributed by atoms with van der Waals surface area (Å²) in [7, 11) is 0. The molecule has 2 N–H and O–H groups in total. The molecule has 0 aliphatic carbocycles. The van der Waals surface area contributed by atoms with E-state index in [0.29, 0.717) is 20.8 Å². The Morgan fingerprint density at radius 2 is 2.21 bits per heavy atom. The molecule has 0 amide bonds. The van der Waals surface area contributed by atoms with Crippen LogP contribution in [0.2, 0.25) is 5.02 Å². The van der Waals surface area contributed by atoms with Crippen LogP contribution in [0.4, 0.5) is 5.82 Å². The van der Waals surface area contributed by atoms with Gasteiger partial charge in [-0.15, -0.1) is 0 Å². The number of anilines is 1. The van der Waals surface area contributed by atoms with Crippen molar-refractivity contribution in [2.45, 2.75) is 20.0 Å². The maximum Gasteiger partial charge on any atom is 0.343 e. The Labute approximate surface area is 142 Å². The minimum absolute atomic E-state index is 0.0430. The van der Waals surface area contributed by atoms with E-state index in [9.17, 15) is 10.0 Å². The van der Waals surface area contributed by atoms with Gasteiger partial charge < -0.3 is 15.7 Å². The third kappa shape index (κ3) is 2.83. The van der Waals surface area contributed by atoms with Crippen LogP contribution in [0.3, 0.4) is 0 Å². The molecule has 9 heteroatoms. The summed E-state index contributed by atoms with van der Waals surface area (Å²) in [5, 5.41) is 16.6. The molecule has 1 aromatic carbocycles. The molecule has 0 fully saturated rings. The second-order valence-corrected chi connectivity index (χ2v) is 5.80. The number of nitrogens with two attached hydrogens (primary N) is 1. The molecule has 0 bridgehead atoms. The molecule has 0 atom stereocenters. The Kier molecular flexibility index (Phi) is 3.98. The first-order chi connectivity index (χ1) is 11.4. The summed E-state index contributed by atoms with van der Waals surface area (Å²) in [6.07, 6.45) is 2.20. The zero-order valence-corrected chi connectivity index (χ0v) is 13.7. The van der Waals surface area contributed by atoms with Crippen molar-refractivity contribution < 1.29 is 14.3 Å². The maximum absolute atomic E-state index is 12.2. The molecule has 2 aromatic heterocycles. The summed E-state index contributed by atoms with van der Waals surface area (Å²) in [5.41, 5.74) is 6.81. The Bertz CT molecular complexity index is 938.